The summed E-state index contributed by atoms with van der Waals surface area (Å²) in [6, 6.07) is 14.4. The van der Waals surface area contributed by atoms with Crippen molar-refractivity contribution in [1.29, 1.82) is 5.26 Å². The third-order valence-corrected chi connectivity index (χ3v) is 4.10. The minimum atomic E-state index is -0.679. The number of hydrogen-bond acceptors (Lipinski definition) is 5. The maximum Gasteiger partial charge on any atom is 0.344 e. The topological polar surface area (TPSA) is 88.4 Å². The molecule has 1 aliphatic carbocycles. The normalized spacial score (nSPS) is 12.0. The third-order valence-electron chi connectivity index (χ3n) is 4.10. The average molecular weight is 350 g/mol. The molecule has 0 aliphatic heterocycles. The molecule has 0 spiro atoms. The van der Waals surface area contributed by atoms with Crippen molar-refractivity contribution in [2.75, 3.05) is 18.5 Å². The van der Waals surface area contributed by atoms with Gasteiger partial charge in [-0.25, -0.2) is 4.79 Å². The second-order valence-corrected chi connectivity index (χ2v) is 5.94. The quantitative estimate of drug-likeness (QED) is 0.809. The number of para-hydroxylation sites is 1. The van der Waals surface area contributed by atoms with Gasteiger partial charge in [-0.15, -0.1) is 0 Å². The lowest BCUT2D eigenvalue weighted by Gasteiger charge is -2.09. The van der Waals surface area contributed by atoms with Crippen molar-refractivity contribution >= 4 is 17.6 Å². The van der Waals surface area contributed by atoms with Crippen molar-refractivity contribution in [3.63, 3.8) is 0 Å². The molecular weight excluding hydrogens is 332 g/mol. The second-order valence-electron chi connectivity index (χ2n) is 5.94. The van der Waals surface area contributed by atoms with Crippen LogP contribution in [0.25, 0.3) is 0 Å². The lowest BCUT2D eigenvalue weighted by molar-refractivity contribution is -0.149. The van der Waals surface area contributed by atoms with Crippen molar-refractivity contribution in [1.82, 2.24) is 0 Å². The fraction of sp³-hybridized carbons (Fsp3) is 0.250. The van der Waals surface area contributed by atoms with Crippen molar-refractivity contribution < 1.29 is 19.1 Å². The van der Waals surface area contributed by atoms with Crippen LogP contribution < -0.4 is 10.1 Å². The number of aryl methyl sites for hydroxylation is 2. The Morgan fingerprint density at radius 2 is 1.88 bits per heavy atom. The number of nitrogens with zero attached hydrogens (tertiary/aromatic N) is 1. The predicted octanol–water partition coefficient (Wildman–Crippen LogP) is 2.61. The average Bonchev–Trinajstić information content (AvgIpc) is 3.12. The van der Waals surface area contributed by atoms with Crippen molar-refractivity contribution in [2.45, 2.75) is 19.3 Å². The predicted molar refractivity (Wildman–Crippen MR) is 94.7 cm³/mol. The Labute approximate surface area is 151 Å². The van der Waals surface area contributed by atoms with Gasteiger partial charge in [0.05, 0.1) is 5.56 Å². The smallest absolute Gasteiger partial charge is 0.344 e. The lowest BCUT2D eigenvalue weighted by Crippen LogP contribution is -2.23. The molecule has 0 radical (unpaired) electrons. The Bertz CT molecular complexity index is 870. The van der Waals surface area contributed by atoms with Crippen LogP contribution in [0.4, 0.5) is 5.69 Å². The van der Waals surface area contributed by atoms with E-state index in [1.165, 1.54) is 11.1 Å². The molecule has 6 heteroatoms. The maximum absolute atomic E-state index is 11.9. The monoisotopic (exact) mass is 350 g/mol. The molecule has 1 amide bonds. The van der Waals surface area contributed by atoms with E-state index in [-0.39, 0.29) is 13.2 Å². The standard InChI is InChI=1S/C20H18N2O4/c21-11-16-4-1-2-7-18(16)25-13-20(24)26-12-19(23)22-17-9-8-14-5-3-6-15(14)10-17/h1-2,4,7-10H,3,5-6,12-13H2,(H,22,23). The first kappa shape index (κ1) is 17.5. The first-order valence-electron chi connectivity index (χ1n) is 8.35. The van der Waals surface area contributed by atoms with Gasteiger partial charge < -0.3 is 14.8 Å². The fourth-order valence-electron chi connectivity index (χ4n) is 2.86. The molecule has 1 N–H and O–H groups in total. The number of carbonyl (C=O) groups excluding carboxylic acids is 2. The molecule has 26 heavy (non-hydrogen) atoms. The molecule has 0 heterocycles. The zero-order valence-electron chi connectivity index (χ0n) is 14.2. The third kappa shape index (κ3) is 4.39. The number of amides is 1. The molecule has 0 unspecified atom stereocenters. The summed E-state index contributed by atoms with van der Waals surface area (Å²) >= 11 is 0. The highest BCUT2D eigenvalue weighted by atomic mass is 16.6. The van der Waals surface area contributed by atoms with Gasteiger partial charge in [0, 0.05) is 5.69 Å². The Kier molecular flexibility index (Phi) is 5.49. The highest BCUT2D eigenvalue weighted by molar-refractivity contribution is 5.93. The Hall–Kier alpha value is -3.33. The minimum absolute atomic E-state index is 0.301. The highest BCUT2D eigenvalue weighted by Gasteiger charge is 2.13. The van der Waals surface area contributed by atoms with Gasteiger partial charge in [0.1, 0.15) is 11.8 Å². The molecule has 0 fully saturated rings. The highest BCUT2D eigenvalue weighted by Crippen LogP contribution is 2.24. The molecule has 2 aromatic carbocycles. The van der Waals surface area contributed by atoms with Crippen molar-refractivity contribution in [3.05, 3.63) is 59.2 Å². The molecular formula is C20H18N2O4. The first-order chi connectivity index (χ1) is 12.7. The van der Waals surface area contributed by atoms with E-state index in [0.717, 1.165) is 19.3 Å². The zero-order chi connectivity index (χ0) is 18.4. The number of hydrogen-bond donors (Lipinski definition) is 1. The van der Waals surface area contributed by atoms with Crippen molar-refractivity contribution in [2.24, 2.45) is 0 Å². The SMILES string of the molecule is N#Cc1ccccc1OCC(=O)OCC(=O)Nc1ccc2c(c1)CCC2. The first-order valence-corrected chi connectivity index (χ1v) is 8.35. The van der Waals surface area contributed by atoms with Gasteiger partial charge in [-0.05, 0) is 54.7 Å². The molecule has 2 aromatic rings. The number of carbonyl (C=O) groups is 2. The fourth-order valence-corrected chi connectivity index (χ4v) is 2.86. The summed E-state index contributed by atoms with van der Waals surface area (Å²) < 4.78 is 10.2. The van der Waals surface area contributed by atoms with Crippen molar-refractivity contribution in [3.8, 4) is 11.8 Å². The summed E-state index contributed by atoms with van der Waals surface area (Å²) in [5, 5.41) is 11.7. The summed E-state index contributed by atoms with van der Waals surface area (Å²) in [5.74, 6) is -0.787. The van der Waals surface area contributed by atoms with Gasteiger partial charge in [0.2, 0.25) is 0 Å². The summed E-state index contributed by atoms with van der Waals surface area (Å²) in [6.07, 6.45) is 3.24. The summed E-state index contributed by atoms with van der Waals surface area (Å²) in [5.41, 5.74) is 3.61. The van der Waals surface area contributed by atoms with Crippen LogP contribution in [-0.2, 0) is 27.2 Å². The number of esters is 1. The van der Waals surface area contributed by atoms with Crippen LogP contribution in [0.5, 0.6) is 5.75 Å². The van der Waals surface area contributed by atoms with Crippen LogP contribution >= 0.6 is 0 Å². The lowest BCUT2D eigenvalue weighted by atomic mass is 10.1. The molecule has 0 saturated carbocycles. The second kappa shape index (κ2) is 8.17. The van der Waals surface area contributed by atoms with E-state index in [0.29, 0.717) is 17.0 Å². The van der Waals surface area contributed by atoms with E-state index < -0.39 is 11.9 Å². The summed E-state index contributed by atoms with van der Waals surface area (Å²) in [6.45, 7) is -0.760. The molecule has 6 nitrogen and oxygen atoms in total. The zero-order valence-corrected chi connectivity index (χ0v) is 14.2. The van der Waals surface area contributed by atoms with Gasteiger partial charge in [0.25, 0.3) is 5.91 Å². The van der Waals surface area contributed by atoms with Crippen LogP contribution in [0.15, 0.2) is 42.5 Å². The molecule has 132 valence electrons. The van der Waals surface area contributed by atoms with Crippen LogP contribution in [0.3, 0.4) is 0 Å². The largest absolute Gasteiger partial charge is 0.481 e. The molecule has 3 rings (SSSR count). The number of rotatable bonds is 6. The van der Waals surface area contributed by atoms with Gasteiger partial charge in [0.15, 0.2) is 13.2 Å². The number of fused-ring (bicyclic) bond motifs is 1. The van der Waals surface area contributed by atoms with Gasteiger partial charge in [-0.1, -0.05) is 18.2 Å². The summed E-state index contributed by atoms with van der Waals surface area (Å²) in [4.78, 5) is 23.6. The maximum atomic E-state index is 11.9. The number of ether oxygens (including phenoxy) is 2. The minimum Gasteiger partial charge on any atom is -0.481 e. The van der Waals surface area contributed by atoms with Crippen LogP contribution in [-0.4, -0.2) is 25.1 Å². The van der Waals surface area contributed by atoms with E-state index in [1.54, 1.807) is 24.3 Å². The van der Waals surface area contributed by atoms with E-state index in [9.17, 15) is 9.59 Å². The van der Waals surface area contributed by atoms with Crippen LogP contribution in [0.2, 0.25) is 0 Å². The van der Waals surface area contributed by atoms with E-state index in [1.807, 2.05) is 24.3 Å². The van der Waals surface area contributed by atoms with E-state index >= 15 is 0 Å². The Morgan fingerprint density at radius 3 is 2.73 bits per heavy atom. The van der Waals surface area contributed by atoms with Crippen LogP contribution in [0.1, 0.15) is 23.1 Å². The van der Waals surface area contributed by atoms with E-state index in [2.05, 4.69) is 5.32 Å². The molecule has 0 bridgehead atoms. The number of nitrogens with one attached hydrogen (secondary N) is 1. The van der Waals surface area contributed by atoms with Gasteiger partial charge >= 0.3 is 5.97 Å². The molecule has 0 aromatic heterocycles. The number of nitriles is 1. The van der Waals surface area contributed by atoms with Gasteiger partial charge in [-0.3, -0.25) is 4.79 Å². The van der Waals surface area contributed by atoms with Crippen LogP contribution in [0, 0.1) is 11.3 Å². The molecule has 0 atom stereocenters. The number of anilines is 1. The summed E-state index contributed by atoms with van der Waals surface area (Å²) in [7, 11) is 0. The molecule has 1 aliphatic rings. The Morgan fingerprint density at radius 1 is 1.08 bits per heavy atom. The number of benzene rings is 2. The Balaban J connectivity index is 1.44. The van der Waals surface area contributed by atoms with E-state index in [4.69, 9.17) is 14.7 Å². The molecule has 0 saturated heterocycles. The van der Waals surface area contributed by atoms with Gasteiger partial charge in [-0.2, -0.15) is 5.26 Å².